The van der Waals surface area contributed by atoms with E-state index in [2.05, 4.69) is 4.98 Å². The van der Waals surface area contributed by atoms with Gasteiger partial charge in [-0.2, -0.15) is 4.39 Å². The predicted molar refractivity (Wildman–Crippen MR) is 43.0 cm³/mol. The monoisotopic (exact) mass is 171 g/mol. The average Bonchev–Trinajstić information content (AvgIpc) is 2.01. The molecule has 1 aromatic heterocycles. The predicted octanol–water partition coefficient (Wildman–Crippen LogP) is 2.54. The van der Waals surface area contributed by atoms with Gasteiger partial charge < -0.3 is 0 Å². The van der Waals surface area contributed by atoms with Crippen molar-refractivity contribution in [3.05, 3.63) is 28.6 Å². The highest BCUT2D eigenvalue weighted by Gasteiger charge is 2.12. The standard InChI is InChI=1S/C9H11F2N/c1-4-7-5(2)8(10)6(3)12-9(7)11/h4H2,1-3H3. The lowest BCUT2D eigenvalue weighted by Gasteiger charge is -2.06. The van der Waals surface area contributed by atoms with E-state index in [4.69, 9.17) is 0 Å². The Bertz CT molecular complexity index is 308. The minimum absolute atomic E-state index is 0.127. The van der Waals surface area contributed by atoms with E-state index in [1.807, 2.05) is 0 Å². The van der Waals surface area contributed by atoms with Crippen LogP contribution in [0.1, 0.15) is 23.7 Å². The van der Waals surface area contributed by atoms with E-state index in [9.17, 15) is 8.78 Å². The fraction of sp³-hybridized carbons (Fsp3) is 0.444. The lowest BCUT2D eigenvalue weighted by molar-refractivity contribution is 0.530. The Morgan fingerprint density at radius 1 is 1.25 bits per heavy atom. The van der Waals surface area contributed by atoms with Crippen LogP contribution in [0.25, 0.3) is 0 Å². The van der Waals surface area contributed by atoms with Gasteiger partial charge in [0, 0.05) is 5.56 Å². The van der Waals surface area contributed by atoms with Gasteiger partial charge in [-0.3, -0.25) is 0 Å². The van der Waals surface area contributed by atoms with E-state index in [0.29, 0.717) is 17.5 Å². The Morgan fingerprint density at radius 3 is 2.33 bits per heavy atom. The molecule has 0 aliphatic heterocycles. The van der Waals surface area contributed by atoms with Gasteiger partial charge in [-0.05, 0) is 25.8 Å². The quantitative estimate of drug-likeness (QED) is 0.592. The molecule has 0 bridgehead atoms. The number of hydrogen-bond donors (Lipinski definition) is 0. The Hall–Kier alpha value is -0.990. The van der Waals surface area contributed by atoms with Gasteiger partial charge in [-0.25, -0.2) is 9.37 Å². The van der Waals surface area contributed by atoms with E-state index in [1.54, 1.807) is 13.8 Å². The lowest BCUT2D eigenvalue weighted by Crippen LogP contribution is -2.03. The highest BCUT2D eigenvalue weighted by atomic mass is 19.1. The summed E-state index contributed by atoms with van der Waals surface area (Å²) in [6.07, 6.45) is 0.474. The number of hydrogen-bond acceptors (Lipinski definition) is 1. The Kier molecular flexibility index (Phi) is 2.40. The average molecular weight is 171 g/mol. The van der Waals surface area contributed by atoms with Crippen molar-refractivity contribution < 1.29 is 8.78 Å². The zero-order valence-electron chi connectivity index (χ0n) is 7.41. The molecular weight excluding hydrogens is 160 g/mol. The van der Waals surface area contributed by atoms with Crippen LogP contribution in [-0.4, -0.2) is 4.98 Å². The molecule has 0 saturated heterocycles. The van der Waals surface area contributed by atoms with Crippen molar-refractivity contribution >= 4 is 0 Å². The summed E-state index contributed by atoms with van der Waals surface area (Å²) in [5.41, 5.74) is 0.878. The number of pyridine rings is 1. The first-order valence-corrected chi connectivity index (χ1v) is 3.89. The number of halogens is 2. The van der Waals surface area contributed by atoms with Crippen molar-refractivity contribution in [2.75, 3.05) is 0 Å². The van der Waals surface area contributed by atoms with Crippen LogP contribution < -0.4 is 0 Å². The first-order valence-electron chi connectivity index (χ1n) is 3.89. The highest BCUT2D eigenvalue weighted by molar-refractivity contribution is 5.27. The molecule has 0 N–H and O–H groups in total. The lowest BCUT2D eigenvalue weighted by atomic mass is 10.1. The molecule has 0 atom stereocenters. The fourth-order valence-electron chi connectivity index (χ4n) is 1.23. The van der Waals surface area contributed by atoms with Crippen LogP contribution in [0, 0.1) is 25.6 Å². The van der Waals surface area contributed by atoms with E-state index >= 15 is 0 Å². The summed E-state index contributed by atoms with van der Waals surface area (Å²) in [6.45, 7) is 4.82. The van der Waals surface area contributed by atoms with Gasteiger partial charge in [0.2, 0.25) is 5.95 Å². The summed E-state index contributed by atoms with van der Waals surface area (Å²) in [5, 5.41) is 0. The molecule has 0 aliphatic carbocycles. The fourth-order valence-corrected chi connectivity index (χ4v) is 1.23. The number of nitrogens with zero attached hydrogens (tertiary/aromatic N) is 1. The van der Waals surface area contributed by atoms with Crippen molar-refractivity contribution in [1.82, 2.24) is 4.98 Å². The largest absolute Gasteiger partial charge is 0.222 e. The zero-order chi connectivity index (χ0) is 9.30. The van der Waals surface area contributed by atoms with Crippen LogP contribution in [0.15, 0.2) is 0 Å². The molecule has 1 aromatic rings. The molecule has 0 amide bonds. The van der Waals surface area contributed by atoms with Crippen molar-refractivity contribution in [2.45, 2.75) is 27.2 Å². The second kappa shape index (κ2) is 3.17. The van der Waals surface area contributed by atoms with Crippen LogP contribution in [0.5, 0.6) is 0 Å². The summed E-state index contributed by atoms with van der Waals surface area (Å²) in [4.78, 5) is 3.46. The normalized spacial score (nSPS) is 10.4. The molecule has 66 valence electrons. The first-order chi connectivity index (χ1) is 5.57. The smallest absolute Gasteiger partial charge is 0.216 e. The molecular formula is C9H11F2N. The van der Waals surface area contributed by atoms with Gasteiger partial charge in [-0.1, -0.05) is 6.92 Å². The van der Waals surface area contributed by atoms with Crippen LogP contribution >= 0.6 is 0 Å². The van der Waals surface area contributed by atoms with E-state index in [-0.39, 0.29) is 5.69 Å². The number of aryl methyl sites for hydroxylation is 1. The molecule has 0 spiro atoms. The van der Waals surface area contributed by atoms with Gasteiger partial charge >= 0.3 is 0 Å². The SMILES string of the molecule is CCc1c(F)nc(C)c(F)c1C. The Morgan fingerprint density at radius 2 is 1.83 bits per heavy atom. The van der Waals surface area contributed by atoms with E-state index < -0.39 is 11.8 Å². The maximum atomic E-state index is 13.1. The Balaban J connectivity index is 3.40. The van der Waals surface area contributed by atoms with Gasteiger partial charge in [0.25, 0.3) is 0 Å². The van der Waals surface area contributed by atoms with Crippen LogP contribution in [0.4, 0.5) is 8.78 Å². The minimum atomic E-state index is -0.547. The second-order valence-electron chi connectivity index (χ2n) is 2.76. The van der Waals surface area contributed by atoms with Crippen molar-refractivity contribution in [1.29, 1.82) is 0 Å². The van der Waals surface area contributed by atoms with Gasteiger partial charge in [0.15, 0.2) is 0 Å². The highest BCUT2D eigenvalue weighted by Crippen LogP contribution is 2.17. The number of rotatable bonds is 1. The van der Waals surface area contributed by atoms with E-state index in [1.165, 1.54) is 6.92 Å². The third kappa shape index (κ3) is 1.31. The molecule has 0 aliphatic rings. The van der Waals surface area contributed by atoms with Gasteiger partial charge in [-0.15, -0.1) is 0 Å². The van der Waals surface area contributed by atoms with Crippen molar-refractivity contribution in [3.63, 3.8) is 0 Å². The zero-order valence-corrected chi connectivity index (χ0v) is 7.41. The second-order valence-corrected chi connectivity index (χ2v) is 2.76. The van der Waals surface area contributed by atoms with Gasteiger partial charge in [0.1, 0.15) is 5.82 Å². The summed E-state index contributed by atoms with van der Waals surface area (Å²) < 4.78 is 26.1. The third-order valence-electron chi connectivity index (χ3n) is 1.97. The summed E-state index contributed by atoms with van der Waals surface area (Å²) >= 11 is 0. The Labute approximate surface area is 70.4 Å². The third-order valence-corrected chi connectivity index (χ3v) is 1.97. The topological polar surface area (TPSA) is 12.9 Å². The molecule has 3 heteroatoms. The molecule has 1 nitrogen and oxygen atoms in total. The van der Waals surface area contributed by atoms with E-state index in [0.717, 1.165) is 0 Å². The molecule has 12 heavy (non-hydrogen) atoms. The molecule has 0 aromatic carbocycles. The molecule has 0 radical (unpaired) electrons. The maximum absolute atomic E-state index is 13.1. The summed E-state index contributed by atoms with van der Waals surface area (Å²) in [5.74, 6) is -0.942. The summed E-state index contributed by atoms with van der Waals surface area (Å²) in [6, 6.07) is 0. The van der Waals surface area contributed by atoms with Crippen LogP contribution in [-0.2, 0) is 6.42 Å². The molecule has 0 saturated carbocycles. The molecule has 0 unspecified atom stereocenters. The first kappa shape index (κ1) is 9.10. The molecule has 1 rings (SSSR count). The van der Waals surface area contributed by atoms with Crippen molar-refractivity contribution in [3.8, 4) is 0 Å². The minimum Gasteiger partial charge on any atom is -0.222 e. The van der Waals surface area contributed by atoms with Crippen molar-refractivity contribution in [2.24, 2.45) is 0 Å². The summed E-state index contributed by atoms with van der Waals surface area (Å²) in [7, 11) is 0. The van der Waals surface area contributed by atoms with Crippen LogP contribution in [0.3, 0.4) is 0 Å². The maximum Gasteiger partial charge on any atom is 0.216 e. The number of aromatic nitrogens is 1. The molecule has 1 heterocycles. The van der Waals surface area contributed by atoms with Gasteiger partial charge in [0.05, 0.1) is 5.69 Å². The van der Waals surface area contributed by atoms with Crippen LogP contribution in [0.2, 0.25) is 0 Å². The molecule has 0 fully saturated rings.